The number of halogens is 1. The first-order valence-corrected chi connectivity index (χ1v) is 11.0. The Bertz CT molecular complexity index is 1270. The largest absolute Gasteiger partial charge is 0.497 e. The highest BCUT2D eigenvalue weighted by molar-refractivity contribution is 8.00. The molecule has 0 saturated carbocycles. The number of hydrogen-bond donors (Lipinski definition) is 0. The summed E-state index contributed by atoms with van der Waals surface area (Å²) in [6.07, 6.45) is 1.90. The van der Waals surface area contributed by atoms with Gasteiger partial charge in [-0.1, -0.05) is 35.2 Å². The van der Waals surface area contributed by atoms with Crippen LogP contribution >= 0.6 is 23.1 Å². The maximum absolute atomic E-state index is 13.8. The first-order chi connectivity index (χ1) is 14.5. The smallest absolute Gasteiger partial charge is 0.281 e. The van der Waals surface area contributed by atoms with Crippen LogP contribution in [0.1, 0.15) is 5.56 Å². The number of ether oxygens (including phenoxy) is 2. The normalized spacial score (nSPS) is 11.1. The molecule has 2 aromatic carbocycles. The summed E-state index contributed by atoms with van der Waals surface area (Å²) >= 11 is 2.81. The van der Waals surface area contributed by atoms with Gasteiger partial charge >= 0.3 is 0 Å². The van der Waals surface area contributed by atoms with Gasteiger partial charge in [0.15, 0.2) is 14.7 Å². The van der Waals surface area contributed by atoms with E-state index in [9.17, 15) is 9.18 Å². The van der Waals surface area contributed by atoms with Crippen LogP contribution in [0.2, 0.25) is 0 Å². The van der Waals surface area contributed by atoms with Crippen LogP contribution in [0.25, 0.3) is 21.7 Å². The number of methoxy groups -OCH3 is 2. The Balaban J connectivity index is 1.95. The van der Waals surface area contributed by atoms with E-state index in [0.717, 1.165) is 15.7 Å². The topological polar surface area (TPSA) is 66.2 Å². The summed E-state index contributed by atoms with van der Waals surface area (Å²) in [7, 11) is 3.06. The van der Waals surface area contributed by atoms with Gasteiger partial charge < -0.3 is 9.47 Å². The van der Waals surface area contributed by atoms with Crippen molar-refractivity contribution in [2.75, 3.05) is 20.5 Å². The zero-order valence-electron chi connectivity index (χ0n) is 16.5. The van der Waals surface area contributed by atoms with Crippen molar-refractivity contribution in [3.63, 3.8) is 0 Å². The predicted octanol–water partition coefficient (Wildman–Crippen LogP) is 4.45. The van der Waals surface area contributed by atoms with E-state index in [1.54, 1.807) is 17.7 Å². The van der Waals surface area contributed by atoms with Crippen molar-refractivity contribution in [1.82, 2.24) is 14.5 Å². The summed E-state index contributed by atoms with van der Waals surface area (Å²) in [5.74, 6) is 1.00. The molecule has 0 aliphatic carbocycles. The van der Waals surface area contributed by atoms with Crippen LogP contribution in [0.15, 0.2) is 51.6 Å². The third kappa shape index (κ3) is 3.78. The standard InChI is InChI=1S/C21H18FN3O3S2/c1-27-14-7-4-12(5-8-14)11-25-18(15-9-6-13(22)10-16(15)28-2)24-19-17(20(25)26)23-21(29-3)30-19/h4-10H,11H2,1-3H3. The van der Waals surface area contributed by atoms with Crippen molar-refractivity contribution in [3.05, 3.63) is 64.2 Å². The fraction of sp³-hybridized carbons (Fsp3) is 0.190. The molecule has 0 radical (unpaired) electrons. The summed E-state index contributed by atoms with van der Waals surface area (Å²) in [6.45, 7) is 0.272. The van der Waals surface area contributed by atoms with Crippen LogP contribution in [0.5, 0.6) is 11.5 Å². The number of aromatic nitrogens is 3. The lowest BCUT2D eigenvalue weighted by atomic mass is 10.1. The van der Waals surface area contributed by atoms with Crippen LogP contribution in [0.3, 0.4) is 0 Å². The van der Waals surface area contributed by atoms with Gasteiger partial charge in [-0.05, 0) is 36.1 Å². The SMILES string of the molecule is COc1ccc(Cn2c(-c3ccc(F)cc3OC)nc3sc(SC)nc3c2=O)cc1. The third-order valence-electron chi connectivity index (χ3n) is 4.58. The number of benzene rings is 2. The second-order valence-corrected chi connectivity index (χ2v) is 8.39. The molecule has 2 heterocycles. The number of hydrogen-bond acceptors (Lipinski definition) is 7. The predicted molar refractivity (Wildman–Crippen MR) is 117 cm³/mol. The van der Waals surface area contributed by atoms with Crippen molar-refractivity contribution < 1.29 is 13.9 Å². The minimum atomic E-state index is -0.428. The van der Waals surface area contributed by atoms with Crippen LogP contribution in [0, 0.1) is 5.82 Å². The maximum atomic E-state index is 13.8. The summed E-state index contributed by atoms with van der Waals surface area (Å²) in [5.41, 5.74) is 1.49. The molecule has 9 heteroatoms. The molecule has 30 heavy (non-hydrogen) atoms. The van der Waals surface area contributed by atoms with E-state index in [4.69, 9.17) is 14.5 Å². The lowest BCUT2D eigenvalue weighted by molar-refractivity contribution is 0.412. The van der Waals surface area contributed by atoms with Gasteiger partial charge in [-0.15, -0.1) is 0 Å². The van der Waals surface area contributed by atoms with Crippen molar-refractivity contribution in [1.29, 1.82) is 0 Å². The second kappa shape index (κ2) is 8.45. The molecule has 0 atom stereocenters. The van der Waals surface area contributed by atoms with Gasteiger partial charge in [-0.2, -0.15) is 0 Å². The Hall–Kier alpha value is -2.91. The minimum Gasteiger partial charge on any atom is -0.497 e. The highest BCUT2D eigenvalue weighted by Crippen LogP contribution is 2.32. The van der Waals surface area contributed by atoms with E-state index in [1.807, 2.05) is 30.5 Å². The molecule has 4 aromatic rings. The molecule has 0 saturated heterocycles. The van der Waals surface area contributed by atoms with Crippen molar-refractivity contribution in [2.24, 2.45) is 0 Å². The average Bonchev–Trinajstić information content (AvgIpc) is 3.19. The molecule has 2 aromatic heterocycles. The third-order valence-corrected chi connectivity index (χ3v) is 6.51. The molecule has 154 valence electrons. The van der Waals surface area contributed by atoms with Crippen LogP contribution in [-0.2, 0) is 6.54 Å². The molecule has 0 N–H and O–H groups in total. The first kappa shape index (κ1) is 20.4. The van der Waals surface area contributed by atoms with Crippen molar-refractivity contribution >= 4 is 33.4 Å². The summed E-state index contributed by atoms with van der Waals surface area (Å²) < 4.78 is 26.6. The van der Waals surface area contributed by atoms with E-state index in [0.29, 0.717) is 27.5 Å². The molecule has 0 amide bonds. The van der Waals surface area contributed by atoms with E-state index in [1.165, 1.54) is 42.3 Å². The molecular formula is C21H18FN3O3S2. The Kier molecular flexibility index (Phi) is 5.74. The maximum Gasteiger partial charge on any atom is 0.281 e. The van der Waals surface area contributed by atoms with Gasteiger partial charge in [0.1, 0.15) is 23.1 Å². The molecule has 0 aliphatic rings. The fourth-order valence-corrected chi connectivity index (χ4v) is 4.51. The van der Waals surface area contributed by atoms with Crippen LogP contribution in [-0.4, -0.2) is 35.0 Å². The number of rotatable bonds is 6. The van der Waals surface area contributed by atoms with E-state index in [2.05, 4.69) is 4.98 Å². The highest BCUT2D eigenvalue weighted by Gasteiger charge is 2.20. The Labute approximate surface area is 180 Å². The van der Waals surface area contributed by atoms with Crippen LogP contribution < -0.4 is 15.0 Å². The highest BCUT2D eigenvalue weighted by atomic mass is 32.2. The van der Waals surface area contributed by atoms with E-state index >= 15 is 0 Å². The summed E-state index contributed by atoms with van der Waals surface area (Å²) in [4.78, 5) is 23.1. The van der Waals surface area contributed by atoms with Crippen LogP contribution in [0.4, 0.5) is 4.39 Å². The molecule has 4 rings (SSSR count). The Morgan fingerprint density at radius 3 is 2.53 bits per heavy atom. The van der Waals surface area contributed by atoms with Gasteiger partial charge in [0.25, 0.3) is 5.56 Å². The minimum absolute atomic E-state index is 0.256. The van der Waals surface area contributed by atoms with Gasteiger partial charge in [0, 0.05) is 6.07 Å². The number of thioether (sulfide) groups is 1. The first-order valence-electron chi connectivity index (χ1n) is 8.96. The number of fused-ring (bicyclic) bond motifs is 1. The van der Waals surface area contributed by atoms with Gasteiger partial charge in [0.05, 0.1) is 26.3 Å². The molecule has 0 bridgehead atoms. The summed E-state index contributed by atoms with van der Waals surface area (Å²) in [6, 6.07) is 11.6. The fourth-order valence-electron chi connectivity index (χ4n) is 3.09. The monoisotopic (exact) mass is 443 g/mol. The Morgan fingerprint density at radius 1 is 1.10 bits per heavy atom. The Morgan fingerprint density at radius 2 is 1.87 bits per heavy atom. The zero-order valence-corrected chi connectivity index (χ0v) is 18.1. The van der Waals surface area contributed by atoms with Gasteiger partial charge in [-0.3, -0.25) is 9.36 Å². The molecular weight excluding hydrogens is 425 g/mol. The van der Waals surface area contributed by atoms with Crippen molar-refractivity contribution in [3.8, 4) is 22.9 Å². The second-order valence-electron chi connectivity index (χ2n) is 6.36. The van der Waals surface area contributed by atoms with E-state index < -0.39 is 5.82 Å². The average molecular weight is 444 g/mol. The molecule has 0 fully saturated rings. The lowest BCUT2D eigenvalue weighted by Crippen LogP contribution is -2.24. The summed E-state index contributed by atoms with van der Waals surface area (Å²) in [5, 5.41) is 0. The van der Waals surface area contributed by atoms with Crippen molar-refractivity contribution in [2.45, 2.75) is 10.9 Å². The van der Waals surface area contributed by atoms with E-state index in [-0.39, 0.29) is 12.1 Å². The molecule has 0 aliphatic heterocycles. The van der Waals surface area contributed by atoms with Gasteiger partial charge in [-0.25, -0.2) is 14.4 Å². The number of thiazole rings is 1. The lowest BCUT2D eigenvalue weighted by Gasteiger charge is -2.15. The molecule has 0 spiro atoms. The zero-order chi connectivity index (χ0) is 21.3. The quantitative estimate of drug-likeness (QED) is 0.410. The van der Waals surface area contributed by atoms with Gasteiger partial charge in [0.2, 0.25) is 0 Å². The number of nitrogens with zero attached hydrogens (tertiary/aromatic N) is 3. The molecule has 6 nitrogen and oxygen atoms in total. The molecule has 0 unspecified atom stereocenters.